The van der Waals surface area contributed by atoms with Gasteiger partial charge < -0.3 is 19.5 Å². The van der Waals surface area contributed by atoms with Crippen molar-refractivity contribution >= 4 is 6.09 Å². The van der Waals surface area contributed by atoms with Crippen molar-refractivity contribution in [3.8, 4) is 11.1 Å². The molecule has 2 aromatic rings. The minimum Gasteiger partial charge on any atom is -0.448 e. The first-order valence-electron chi connectivity index (χ1n) is 11.0. The number of nitrogens with zero attached hydrogens (tertiary/aromatic N) is 1. The second-order valence-corrected chi connectivity index (χ2v) is 8.88. The number of amides is 1. The zero-order valence-electron chi connectivity index (χ0n) is 17.3. The molecule has 30 heavy (non-hydrogen) atoms. The third-order valence-corrected chi connectivity index (χ3v) is 7.38. The summed E-state index contributed by atoms with van der Waals surface area (Å²) in [5.74, 6) is 0.477. The number of carbonyl (C=O) groups is 1. The van der Waals surface area contributed by atoms with Crippen molar-refractivity contribution in [2.45, 2.75) is 25.2 Å². The van der Waals surface area contributed by atoms with Crippen LogP contribution >= 0.6 is 0 Å². The lowest BCUT2D eigenvalue weighted by atomic mass is 9.71. The zero-order chi connectivity index (χ0) is 20.6. The van der Waals surface area contributed by atoms with Crippen LogP contribution in [0.5, 0.6) is 0 Å². The Morgan fingerprint density at radius 2 is 1.70 bits per heavy atom. The molecular weight excluding hydrogens is 378 g/mol. The van der Waals surface area contributed by atoms with Gasteiger partial charge in [-0.15, -0.1) is 0 Å². The average Bonchev–Trinajstić information content (AvgIpc) is 3.39. The fourth-order valence-corrected chi connectivity index (χ4v) is 5.64. The molecule has 2 fully saturated rings. The summed E-state index contributed by atoms with van der Waals surface area (Å²) in [6, 6.07) is 16.7. The molecule has 5 heteroatoms. The van der Waals surface area contributed by atoms with Crippen LogP contribution in [0.1, 0.15) is 36.3 Å². The fourth-order valence-electron chi connectivity index (χ4n) is 5.64. The molecule has 3 aliphatic rings. The number of benzene rings is 2. The number of fused-ring (bicyclic) bond motifs is 3. The number of hydrogen-bond acceptors (Lipinski definition) is 4. The van der Waals surface area contributed by atoms with E-state index < -0.39 is 0 Å². The Hall–Kier alpha value is -2.37. The van der Waals surface area contributed by atoms with Crippen LogP contribution in [0.25, 0.3) is 11.1 Å². The van der Waals surface area contributed by atoms with Gasteiger partial charge in [-0.3, -0.25) is 0 Å². The third-order valence-electron chi connectivity index (χ3n) is 7.38. The highest BCUT2D eigenvalue weighted by molar-refractivity contribution is 5.79. The lowest BCUT2D eigenvalue weighted by Gasteiger charge is -2.38. The monoisotopic (exact) mass is 407 g/mol. The summed E-state index contributed by atoms with van der Waals surface area (Å²) in [5.41, 5.74) is 4.69. The minimum absolute atomic E-state index is 0.0713. The Morgan fingerprint density at radius 3 is 2.33 bits per heavy atom. The van der Waals surface area contributed by atoms with Gasteiger partial charge in [0, 0.05) is 37.6 Å². The molecule has 1 N–H and O–H groups in total. The Morgan fingerprint density at radius 1 is 1.07 bits per heavy atom. The lowest BCUT2D eigenvalue weighted by Crippen LogP contribution is -2.41. The number of aliphatic hydroxyl groups is 1. The zero-order valence-corrected chi connectivity index (χ0v) is 17.3. The van der Waals surface area contributed by atoms with E-state index in [2.05, 4.69) is 36.4 Å². The fraction of sp³-hybridized carbons (Fsp3) is 0.480. The van der Waals surface area contributed by atoms with Crippen LogP contribution in [0.2, 0.25) is 0 Å². The summed E-state index contributed by atoms with van der Waals surface area (Å²) in [4.78, 5) is 14.7. The largest absolute Gasteiger partial charge is 0.448 e. The summed E-state index contributed by atoms with van der Waals surface area (Å²) in [6.07, 6.45) is 2.48. The first-order chi connectivity index (χ1) is 14.7. The maximum atomic E-state index is 12.9. The predicted molar refractivity (Wildman–Crippen MR) is 114 cm³/mol. The molecule has 2 aliphatic heterocycles. The predicted octanol–water partition coefficient (Wildman–Crippen LogP) is 4.05. The molecule has 1 aliphatic carbocycles. The van der Waals surface area contributed by atoms with E-state index in [-0.39, 0.29) is 24.0 Å². The van der Waals surface area contributed by atoms with Crippen LogP contribution in [-0.4, -0.2) is 55.6 Å². The molecule has 0 saturated carbocycles. The Labute approximate surface area is 177 Å². The van der Waals surface area contributed by atoms with Crippen molar-refractivity contribution < 1.29 is 19.4 Å². The van der Waals surface area contributed by atoms with E-state index in [1.807, 2.05) is 12.1 Å². The van der Waals surface area contributed by atoms with E-state index in [1.165, 1.54) is 22.3 Å². The summed E-state index contributed by atoms with van der Waals surface area (Å²) < 4.78 is 11.3. The highest BCUT2D eigenvalue weighted by atomic mass is 16.6. The lowest BCUT2D eigenvalue weighted by molar-refractivity contribution is -0.0130. The van der Waals surface area contributed by atoms with Crippen molar-refractivity contribution in [2.24, 2.45) is 11.3 Å². The molecule has 1 amide bonds. The molecule has 1 atom stereocenters. The average molecular weight is 408 g/mol. The van der Waals surface area contributed by atoms with Gasteiger partial charge in [0.2, 0.25) is 0 Å². The summed E-state index contributed by atoms with van der Waals surface area (Å²) in [5, 5.41) is 10.2. The van der Waals surface area contributed by atoms with Gasteiger partial charge in [0.05, 0.1) is 6.61 Å². The minimum atomic E-state index is -0.265. The maximum Gasteiger partial charge on any atom is 0.409 e. The van der Waals surface area contributed by atoms with Crippen LogP contribution < -0.4 is 0 Å². The number of likely N-dealkylation sites (tertiary alicyclic amines) is 1. The number of carbonyl (C=O) groups excluding carboxylic acids is 1. The van der Waals surface area contributed by atoms with E-state index in [0.717, 1.165) is 32.5 Å². The highest BCUT2D eigenvalue weighted by Gasteiger charge is 2.46. The smallest absolute Gasteiger partial charge is 0.409 e. The van der Waals surface area contributed by atoms with Crippen molar-refractivity contribution in [3.63, 3.8) is 0 Å². The number of ether oxygens (including phenoxy) is 2. The SMILES string of the molecule is O=C(OCC1c2ccccc2-c2ccccc21)N1CCC(CO)(C2CCOCC2)C1. The van der Waals surface area contributed by atoms with Gasteiger partial charge in [-0.2, -0.15) is 0 Å². The molecule has 1 unspecified atom stereocenters. The second-order valence-electron chi connectivity index (χ2n) is 8.88. The molecule has 0 bridgehead atoms. The molecule has 2 heterocycles. The summed E-state index contributed by atoms with van der Waals surface area (Å²) >= 11 is 0. The van der Waals surface area contributed by atoms with Gasteiger partial charge in [-0.05, 0) is 47.4 Å². The maximum absolute atomic E-state index is 12.9. The van der Waals surface area contributed by atoms with Gasteiger partial charge in [0.15, 0.2) is 0 Å². The van der Waals surface area contributed by atoms with Gasteiger partial charge >= 0.3 is 6.09 Å². The van der Waals surface area contributed by atoms with Crippen molar-refractivity contribution in [2.75, 3.05) is 39.5 Å². The Kier molecular flexibility index (Phi) is 5.25. The summed E-state index contributed by atoms with van der Waals surface area (Å²) in [7, 11) is 0. The topological polar surface area (TPSA) is 59.0 Å². The van der Waals surface area contributed by atoms with E-state index in [9.17, 15) is 9.90 Å². The van der Waals surface area contributed by atoms with Gasteiger partial charge in [0.25, 0.3) is 0 Å². The Bertz CT molecular complexity index is 877. The quantitative estimate of drug-likeness (QED) is 0.831. The normalized spacial score (nSPS) is 24.0. The van der Waals surface area contributed by atoms with Crippen LogP contribution in [0.4, 0.5) is 4.79 Å². The molecule has 2 aromatic carbocycles. The van der Waals surface area contributed by atoms with Crippen LogP contribution in [0.3, 0.4) is 0 Å². The van der Waals surface area contributed by atoms with E-state index in [4.69, 9.17) is 9.47 Å². The number of aliphatic hydroxyl groups excluding tert-OH is 1. The first-order valence-corrected chi connectivity index (χ1v) is 11.0. The molecular formula is C25H29NO4. The standard InChI is InChI=1S/C25H29NO4/c27-17-25(18-9-13-29-14-10-18)11-12-26(16-25)24(28)30-15-23-21-7-3-1-5-19(21)20-6-2-4-8-22(20)23/h1-8,18,23,27H,9-17H2. The van der Waals surface area contributed by atoms with Crippen molar-refractivity contribution in [1.29, 1.82) is 0 Å². The van der Waals surface area contributed by atoms with Crippen molar-refractivity contribution in [1.82, 2.24) is 4.90 Å². The van der Waals surface area contributed by atoms with Crippen LogP contribution in [0, 0.1) is 11.3 Å². The van der Waals surface area contributed by atoms with Gasteiger partial charge in [0.1, 0.15) is 6.61 Å². The highest BCUT2D eigenvalue weighted by Crippen LogP contribution is 2.45. The molecule has 158 valence electrons. The molecule has 5 nitrogen and oxygen atoms in total. The molecule has 0 aromatic heterocycles. The second kappa shape index (κ2) is 8.05. The van der Waals surface area contributed by atoms with Crippen LogP contribution in [0.15, 0.2) is 48.5 Å². The summed E-state index contributed by atoms with van der Waals surface area (Å²) in [6.45, 7) is 3.17. The van der Waals surface area contributed by atoms with E-state index in [1.54, 1.807) is 4.90 Å². The van der Waals surface area contributed by atoms with Gasteiger partial charge in [-0.25, -0.2) is 4.79 Å². The first kappa shape index (κ1) is 19.6. The molecule has 0 radical (unpaired) electrons. The van der Waals surface area contributed by atoms with E-state index in [0.29, 0.717) is 25.6 Å². The molecule has 0 spiro atoms. The molecule has 5 rings (SSSR count). The number of hydrogen-bond donors (Lipinski definition) is 1. The van der Waals surface area contributed by atoms with Crippen molar-refractivity contribution in [3.05, 3.63) is 59.7 Å². The van der Waals surface area contributed by atoms with Gasteiger partial charge in [-0.1, -0.05) is 48.5 Å². The van der Waals surface area contributed by atoms with E-state index >= 15 is 0 Å². The van der Waals surface area contributed by atoms with Crippen LogP contribution in [-0.2, 0) is 9.47 Å². The number of rotatable bonds is 4. The Balaban J connectivity index is 1.27. The third kappa shape index (κ3) is 3.30. The molecule has 2 saturated heterocycles.